The molecule has 116 valence electrons. The molecule has 1 aromatic carbocycles. The van der Waals surface area contributed by atoms with E-state index in [1.54, 1.807) is 12.1 Å². The van der Waals surface area contributed by atoms with Crippen LogP contribution in [-0.2, 0) is 4.79 Å². The third-order valence-electron chi connectivity index (χ3n) is 4.01. The highest BCUT2D eigenvalue weighted by Gasteiger charge is 2.25. The van der Waals surface area contributed by atoms with Gasteiger partial charge in [0.2, 0.25) is 5.91 Å². The first-order valence-corrected chi connectivity index (χ1v) is 8.69. The van der Waals surface area contributed by atoms with Gasteiger partial charge >= 0.3 is 0 Å². The number of rotatable bonds is 5. The summed E-state index contributed by atoms with van der Waals surface area (Å²) in [5, 5.41) is 13.0. The molecular formula is C16H24N2O2S. The fourth-order valence-electron chi connectivity index (χ4n) is 2.60. The molecule has 2 atom stereocenters. The van der Waals surface area contributed by atoms with Crippen LogP contribution in [0.1, 0.15) is 31.9 Å². The van der Waals surface area contributed by atoms with E-state index in [9.17, 15) is 9.90 Å². The van der Waals surface area contributed by atoms with Crippen molar-refractivity contribution in [1.82, 2.24) is 10.2 Å². The molecule has 1 saturated heterocycles. The minimum absolute atomic E-state index is 0.0389. The molecule has 1 amide bonds. The molecule has 0 aromatic heterocycles. The molecule has 0 unspecified atom stereocenters. The quantitative estimate of drug-likeness (QED) is 0.877. The summed E-state index contributed by atoms with van der Waals surface area (Å²) in [6, 6.07) is 6.95. The van der Waals surface area contributed by atoms with Crippen molar-refractivity contribution in [2.75, 3.05) is 24.6 Å². The number of benzene rings is 1. The summed E-state index contributed by atoms with van der Waals surface area (Å²) in [5.41, 5.74) is 0.787. The average molecular weight is 308 g/mol. The summed E-state index contributed by atoms with van der Waals surface area (Å²) in [5.74, 6) is 2.46. The van der Waals surface area contributed by atoms with E-state index in [1.165, 1.54) is 0 Å². The van der Waals surface area contributed by atoms with Crippen LogP contribution in [0.2, 0.25) is 0 Å². The van der Waals surface area contributed by atoms with E-state index in [0.29, 0.717) is 0 Å². The van der Waals surface area contributed by atoms with E-state index in [-0.39, 0.29) is 23.7 Å². The van der Waals surface area contributed by atoms with Crippen molar-refractivity contribution in [3.05, 3.63) is 29.8 Å². The van der Waals surface area contributed by atoms with E-state index in [4.69, 9.17) is 0 Å². The monoisotopic (exact) mass is 308 g/mol. The van der Waals surface area contributed by atoms with E-state index in [2.05, 4.69) is 10.2 Å². The summed E-state index contributed by atoms with van der Waals surface area (Å²) >= 11 is 1.94. The van der Waals surface area contributed by atoms with Crippen molar-refractivity contribution < 1.29 is 9.90 Å². The van der Waals surface area contributed by atoms with Gasteiger partial charge in [-0.05, 0) is 19.4 Å². The number of amides is 1. The Hall–Kier alpha value is -1.20. The number of hydrogen-bond donors (Lipinski definition) is 2. The van der Waals surface area contributed by atoms with Crippen molar-refractivity contribution in [1.29, 1.82) is 0 Å². The lowest BCUT2D eigenvalue weighted by atomic mass is 10.0. The molecular weight excluding hydrogens is 284 g/mol. The van der Waals surface area contributed by atoms with Gasteiger partial charge in [0.1, 0.15) is 5.75 Å². The number of carbonyl (C=O) groups is 1. The van der Waals surface area contributed by atoms with E-state index in [0.717, 1.165) is 36.6 Å². The summed E-state index contributed by atoms with van der Waals surface area (Å²) in [6.45, 7) is 5.90. The molecule has 0 saturated carbocycles. The standard InChI is InChI=1S/C16H24N2O2S/c1-3-14(13-6-4-5-7-15(13)19)17-16(20)12(2)18-8-10-21-11-9-18/h4-7,12,14,19H,3,8-11H2,1-2H3,(H,17,20)/t12-,14+/m0/s1. The lowest BCUT2D eigenvalue weighted by Gasteiger charge is -2.32. The second kappa shape index (κ2) is 7.71. The Morgan fingerprint density at radius 1 is 1.38 bits per heavy atom. The Labute approximate surface area is 130 Å². The Bertz CT molecular complexity index is 475. The molecule has 0 radical (unpaired) electrons. The largest absolute Gasteiger partial charge is 0.508 e. The summed E-state index contributed by atoms with van der Waals surface area (Å²) in [6.07, 6.45) is 0.756. The van der Waals surface area contributed by atoms with Gasteiger partial charge in [-0.25, -0.2) is 0 Å². The van der Waals surface area contributed by atoms with E-state index in [1.807, 2.05) is 37.7 Å². The fourth-order valence-corrected chi connectivity index (χ4v) is 3.54. The lowest BCUT2D eigenvalue weighted by molar-refractivity contribution is -0.126. The van der Waals surface area contributed by atoms with Crippen LogP contribution in [0.4, 0.5) is 0 Å². The van der Waals surface area contributed by atoms with Crippen molar-refractivity contribution in [3.63, 3.8) is 0 Å². The van der Waals surface area contributed by atoms with Crippen molar-refractivity contribution in [2.45, 2.75) is 32.4 Å². The smallest absolute Gasteiger partial charge is 0.237 e. The normalized spacial score (nSPS) is 19.0. The maximum absolute atomic E-state index is 12.5. The average Bonchev–Trinajstić information content (AvgIpc) is 2.53. The molecule has 0 aliphatic carbocycles. The second-order valence-corrected chi connectivity index (χ2v) is 6.58. The van der Waals surface area contributed by atoms with Gasteiger partial charge in [0.05, 0.1) is 12.1 Å². The first-order valence-electron chi connectivity index (χ1n) is 7.53. The fraction of sp³-hybridized carbons (Fsp3) is 0.562. The van der Waals surface area contributed by atoms with Gasteiger partial charge in [-0.15, -0.1) is 0 Å². The number of phenols is 1. The van der Waals surface area contributed by atoms with Gasteiger partial charge in [-0.2, -0.15) is 11.8 Å². The van der Waals surface area contributed by atoms with Gasteiger partial charge in [0.25, 0.3) is 0 Å². The molecule has 2 rings (SSSR count). The number of para-hydroxylation sites is 1. The third kappa shape index (κ3) is 4.14. The van der Waals surface area contributed by atoms with Crippen LogP contribution < -0.4 is 5.32 Å². The number of thioether (sulfide) groups is 1. The highest BCUT2D eigenvalue weighted by Crippen LogP contribution is 2.26. The predicted molar refractivity (Wildman–Crippen MR) is 87.6 cm³/mol. The van der Waals surface area contributed by atoms with Crippen LogP contribution in [0.5, 0.6) is 5.75 Å². The number of aromatic hydroxyl groups is 1. The summed E-state index contributed by atoms with van der Waals surface area (Å²) < 4.78 is 0. The zero-order valence-corrected chi connectivity index (χ0v) is 13.5. The van der Waals surface area contributed by atoms with Gasteiger partial charge in [-0.3, -0.25) is 9.69 Å². The van der Waals surface area contributed by atoms with Gasteiger partial charge in [0.15, 0.2) is 0 Å². The van der Waals surface area contributed by atoms with Crippen molar-refractivity contribution in [3.8, 4) is 5.75 Å². The number of carbonyl (C=O) groups excluding carboxylic acids is 1. The summed E-state index contributed by atoms with van der Waals surface area (Å²) in [7, 11) is 0. The molecule has 4 nitrogen and oxygen atoms in total. The SMILES string of the molecule is CC[C@@H](NC(=O)[C@H](C)N1CCSCC1)c1ccccc1O. The molecule has 1 heterocycles. The Kier molecular flexibility index (Phi) is 5.94. The van der Waals surface area contributed by atoms with Gasteiger partial charge in [-0.1, -0.05) is 25.1 Å². The summed E-state index contributed by atoms with van der Waals surface area (Å²) in [4.78, 5) is 14.7. The van der Waals surface area contributed by atoms with Crippen LogP contribution in [0.3, 0.4) is 0 Å². The molecule has 5 heteroatoms. The molecule has 1 aromatic rings. The van der Waals surface area contributed by atoms with Crippen molar-refractivity contribution in [2.24, 2.45) is 0 Å². The molecule has 1 aliphatic heterocycles. The van der Waals surface area contributed by atoms with Crippen LogP contribution in [0, 0.1) is 0 Å². The van der Waals surface area contributed by atoms with Crippen LogP contribution in [-0.4, -0.2) is 46.6 Å². The maximum Gasteiger partial charge on any atom is 0.237 e. The number of nitrogens with one attached hydrogen (secondary N) is 1. The third-order valence-corrected chi connectivity index (χ3v) is 4.95. The molecule has 2 N–H and O–H groups in total. The highest BCUT2D eigenvalue weighted by atomic mass is 32.2. The zero-order valence-electron chi connectivity index (χ0n) is 12.7. The predicted octanol–water partition coefficient (Wildman–Crippen LogP) is 2.40. The Morgan fingerprint density at radius 2 is 2.05 bits per heavy atom. The number of nitrogens with zero attached hydrogens (tertiary/aromatic N) is 1. The Balaban J connectivity index is 2.01. The van der Waals surface area contributed by atoms with Crippen molar-refractivity contribution >= 4 is 17.7 Å². The van der Waals surface area contributed by atoms with Gasteiger partial charge in [0, 0.05) is 30.2 Å². The second-order valence-electron chi connectivity index (χ2n) is 5.35. The van der Waals surface area contributed by atoms with Crippen LogP contribution in [0.15, 0.2) is 24.3 Å². The Morgan fingerprint density at radius 3 is 2.67 bits per heavy atom. The molecule has 21 heavy (non-hydrogen) atoms. The molecule has 1 fully saturated rings. The lowest BCUT2D eigenvalue weighted by Crippen LogP contribution is -2.48. The minimum Gasteiger partial charge on any atom is -0.508 e. The van der Waals surface area contributed by atoms with E-state index >= 15 is 0 Å². The first kappa shape index (κ1) is 16.2. The molecule has 0 bridgehead atoms. The molecule has 1 aliphatic rings. The zero-order chi connectivity index (χ0) is 15.2. The molecule has 0 spiro atoms. The van der Waals surface area contributed by atoms with E-state index < -0.39 is 0 Å². The van der Waals surface area contributed by atoms with Crippen LogP contribution in [0.25, 0.3) is 0 Å². The topological polar surface area (TPSA) is 52.6 Å². The number of hydrogen-bond acceptors (Lipinski definition) is 4. The van der Waals surface area contributed by atoms with Gasteiger partial charge < -0.3 is 10.4 Å². The van der Waals surface area contributed by atoms with Crippen LogP contribution >= 0.6 is 11.8 Å². The minimum atomic E-state index is -0.139. The maximum atomic E-state index is 12.5. The highest BCUT2D eigenvalue weighted by molar-refractivity contribution is 7.99. The first-order chi connectivity index (χ1) is 10.1. The number of phenolic OH excluding ortho intramolecular Hbond substituents is 1.